The van der Waals surface area contributed by atoms with Crippen molar-refractivity contribution in [2.75, 3.05) is 6.54 Å². The minimum Gasteiger partial charge on any atom is -0.404 e. The Hall–Kier alpha value is -2.52. The Morgan fingerprint density at radius 1 is 1.26 bits per heavy atom. The number of nitrogens with one attached hydrogen (secondary N) is 1. The topological polar surface area (TPSA) is 234 Å². The van der Waals surface area contributed by atoms with Gasteiger partial charge in [-0.05, 0) is 30.9 Å². The van der Waals surface area contributed by atoms with Gasteiger partial charge in [-0.2, -0.15) is 4.98 Å². The Bertz CT molecular complexity index is 1220. The van der Waals surface area contributed by atoms with Crippen LogP contribution in [0.15, 0.2) is 32.5 Å². The van der Waals surface area contributed by atoms with Gasteiger partial charge in [-0.3, -0.25) is 24.6 Å². The highest BCUT2D eigenvalue weighted by Crippen LogP contribution is 2.46. The van der Waals surface area contributed by atoms with E-state index in [1.54, 1.807) is 33.8 Å². The van der Waals surface area contributed by atoms with Crippen molar-refractivity contribution in [2.45, 2.75) is 60.0 Å². The van der Waals surface area contributed by atoms with Crippen LogP contribution in [0.25, 0.3) is 11.4 Å². The van der Waals surface area contributed by atoms with E-state index in [9.17, 15) is 34.1 Å². The van der Waals surface area contributed by atoms with Gasteiger partial charge in [0.15, 0.2) is 11.5 Å². The first kappa shape index (κ1) is 32.7. The van der Waals surface area contributed by atoms with Gasteiger partial charge in [0.05, 0.1) is 5.56 Å². The number of nitrogens with zero attached hydrogens (tertiary/aromatic N) is 4. The van der Waals surface area contributed by atoms with Crippen LogP contribution in [-0.4, -0.2) is 63.6 Å². The Labute approximate surface area is 225 Å². The SMILES string of the molecule is CC.CCNC(=O)c1noc(C2C=C(C(C)C)C(OP(=O)(O)O)=CC(ON(O)P(O)O)C2)c1-c1noc(C)n1. The third-order valence-corrected chi connectivity index (χ3v) is 5.90. The van der Waals surface area contributed by atoms with E-state index >= 15 is 0 Å². The highest BCUT2D eigenvalue weighted by atomic mass is 31.2. The number of amides is 1. The first-order valence-corrected chi connectivity index (χ1v) is 14.6. The van der Waals surface area contributed by atoms with Crippen molar-refractivity contribution in [3.05, 3.63) is 40.8 Å². The van der Waals surface area contributed by atoms with Gasteiger partial charge in [-0.15, -0.1) is 0 Å². The van der Waals surface area contributed by atoms with Crippen molar-refractivity contribution in [3.8, 4) is 11.4 Å². The standard InChI is InChI=1S/C19H27N5O11P2.C2H6/c1-5-20-19(25)16-15(18-21-10(4)32-23-18)17(33-22-16)11-6-12(34-24(26)36(27)28)8-14(35-37(29,30)31)13(7-11)9(2)3;1-2/h7-9,11-12,26-28H,5-6H2,1-4H3,(H,20,25)(H2,29,30,31);1-2H3. The number of hydrogen-bond donors (Lipinski definition) is 6. The molecule has 0 saturated carbocycles. The normalized spacial score (nSPS) is 17.9. The maximum atomic E-state index is 12.7. The molecule has 2 heterocycles. The lowest BCUT2D eigenvalue weighted by Crippen LogP contribution is -2.24. The summed E-state index contributed by atoms with van der Waals surface area (Å²) in [7, 11) is -8.10. The van der Waals surface area contributed by atoms with Gasteiger partial charge in [-0.25, -0.2) is 4.57 Å². The fourth-order valence-electron chi connectivity index (χ4n) is 3.63. The second-order valence-corrected chi connectivity index (χ2v) is 10.2. The zero-order valence-corrected chi connectivity index (χ0v) is 24.0. The van der Waals surface area contributed by atoms with Crippen LogP contribution in [0.2, 0.25) is 0 Å². The number of phosphoric acid groups is 1. The molecule has 2 unspecified atom stereocenters. The van der Waals surface area contributed by atoms with Crippen LogP contribution in [0, 0.1) is 12.8 Å². The molecule has 2 aromatic heterocycles. The Morgan fingerprint density at radius 3 is 2.44 bits per heavy atom. The summed E-state index contributed by atoms with van der Waals surface area (Å²) < 4.78 is 27.2. The van der Waals surface area contributed by atoms with E-state index < -0.39 is 34.3 Å². The maximum absolute atomic E-state index is 12.7. The summed E-state index contributed by atoms with van der Waals surface area (Å²) in [5.41, 5.74) is 0.305. The van der Waals surface area contributed by atoms with E-state index in [1.165, 1.54) is 6.08 Å². The van der Waals surface area contributed by atoms with Crippen LogP contribution in [0.4, 0.5) is 0 Å². The molecule has 0 radical (unpaired) electrons. The molecule has 39 heavy (non-hydrogen) atoms. The van der Waals surface area contributed by atoms with Crippen LogP contribution >= 0.6 is 16.3 Å². The average Bonchev–Trinajstić information content (AvgIpc) is 3.43. The molecular weight excluding hydrogens is 560 g/mol. The van der Waals surface area contributed by atoms with Gasteiger partial charge in [0, 0.05) is 24.4 Å². The lowest BCUT2D eigenvalue weighted by Gasteiger charge is -2.21. The summed E-state index contributed by atoms with van der Waals surface area (Å²) in [6, 6.07) is 0. The third-order valence-electron chi connectivity index (χ3n) is 5.07. The van der Waals surface area contributed by atoms with Crippen LogP contribution in [0.3, 0.4) is 0 Å². The molecule has 0 saturated heterocycles. The van der Waals surface area contributed by atoms with Crippen LogP contribution in [0.1, 0.15) is 69.1 Å². The highest BCUT2D eigenvalue weighted by Gasteiger charge is 2.36. The first-order valence-electron chi connectivity index (χ1n) is 11.9. The molecule has 0 aromatic carbocycles. The lowest BCUT2D eigenvalue weighted by atomic mass is 9.92. The Morgan fingerprint density at radius 2 is 1.92 bits per heavy atom. The molecular formula is C21H33N5O11P2. The summed E-state index contributed by atoms with van der Waals surface area (Å²) in [6.45, 7) is 11.0. The number of aryl methyl sites for hydroxylation is 1. The van der Waals surface area contributed by atoms with Crippen molar-refractivity contribution in [1.29, 1.82) is 0 Å². The summed E-state index contributed by atoms with van der Waals surface area (Å²) in [5, 5.41) is 20.2. The van der Waals surface area contributed by atoms with E-state index in [1.807, 2.05) is 13.8 Å². The molecule has 16 nitrogen and oxygen atoms in total. The molecule has 0 bridgehead atoms. The number of aromatic nitrogens is 3. The van der Waals surface area contributed by atoms with E-state index in [4.69, 9.17) is 18.4 Å². The third kappa shape index (κ3) is 8.73. The zero-order chi connectivity index (χ0) is 29.5. The molecule has 3 rings (SSSR count). The summed E-state index contributed by atoms with van der Waals surface area (Å²) in [6.07, 6.45) is 1.42. The molecule has 1 amide bonds. The molecule has 0 spiro atoms. The van der Waals surface area contributed by atoms with Crippen molar-refractivity contribution in [2.24, 2.45) is 5.92 Å². The van der Waals surface area contributed by atoms with E-state index in [0.29, 0.717) is 12.1 Å². The van der Waals surface area contributed by atoms with Crippen molar-refractivity contribution >= 4 is 22.3 Å². The first-order chi connectivity index (χ1) is 18.3. The lowest BCUT2D eigenvalue weighted by molar-refractivity contribution is -0.293. The molecule has 1 aliphatic carbocycles. The molecule has 2 atom stereocenters. The smallest absolute Gasteiger partial charge is 0.404 e. The van der Waals surface area contributed by atoms with E-state index in [0.717, 1.165) is 0 Å². The molecule has 6 N–H and O–H groups in total. The predicted octanol–water partition coefficient (Wildman–Crippen LogP) is 3.07. The van der Waals surface area contributed by atoms with Gasteiger partial charge in [0.1, 0.15) is 11.9 Å². The number of phosphoric ester groups is 1. The minimum atomic E-state index is -5.03. The summed E-state index contributed by atoms with van der Waals surface area (Å²) in [5.74, 6) is -1.70. The second-order valence-electron chi connectivity index (χ2n) is 8.16. The molecule has 218 valence electrons. The number of carbonyl (C=O) groups is 1. The van der Waals surface area contributed by atoms with E-state index in [2.05, 4.69) is 20.6 Å². The van der Waals surface area contributed by atoms with Gasteiger partial charge < -0.3 is 28.7 Å². The number of rotatable bonds is 10. The maximum Gasteiger partial charge on any atom is 0.524 e. The molecule has 2 aromatic rings. The quantitative estimate of drug-likeness (QED) is 0.171. The fourth-order valence-corrected chi connectivity index (χ4v) is 4.26. The average molecular weight is 593 g/mol. The highest BCUT2D eigenvalue weighted by molar-refractivity contribution is 7.46. The summed E-state index contributed by atoms with van der Waals surface area (Å²) in [4.78, 5) is 59.4. The Balaban J connectivity index is 0.00000260. The second kappa shape index (κ2) is 14.2. The van der Waals surface area contributed by atoms with Gasteiger partial charge in [-0.1, -0.05) is 44.1 Å². The largest absolute Gasteiger partial charge is 0.524 e. The van der Waals surface area contributed by atoms with Crippen molar-refractivity contribution in [1.82, 2.24) is 25.6 Å². The van der Waals surface area contributed by atoms with Gasteiger partial charge in [0.2, 0.25) is 11.7 Å². The summed E-state index contributed by atoms with van der Waals surface area (Å²) >= 11 is 0. The van der Waals surface area contributed by atoms with Crippen LogP contribution < -0.4 is 5.32 Å². The van der Waals surface area contributed by atoms with Gasteiger partial charge in [0.25, 0.3) is 5.91 Å². The van der Waals surface area contributed by atoms with Crippen LogP contribution in [-0.2, 0) is 13.9 Å². The van der Waals surface area contributed by atoms with Crippen LogP contribution in [0.5, 0.6) is 0 Å². The Kier molecular flexibility index (Phi) is 11.9. The van der Waals surface area contributed by atoms with Crippen molar-refractivity contribution < 1.29 is 52.5 Å². The molecule has 0 aliphatic heterocycles. The number of carbonyl (C=O) groups excluding carboxylic acids is 1. The fraction of sp³-hybridized carbons (Fsp3) is 0.524. The predicted molar refractivity (Wildman–Crippen MR) is 135 cm³/mol. The molecule has 0 fully saturated rings. The number of hydrogen-bond acceptors (Lipinski definition) is 13. The zero-order valence-electron chi connectivity index (χ0n) is 22.2. The van der Waals surface area contributed by atoms with E-state index in [-0.39, 0.29) is 51.8 Å². The van der Waals surface area contributed by atoms with Crippen molar-refractivity contribution in [3.63, 3.8) is 0 Å². The number of allylic oxidation sites excluding steroid dienone is 2. The minimum absolute atomic E-state index is 0.00823. The monoisotopic (exact) mass is 593 g/mol. The van der Waals surface area contributed by atoms with Gasteiger partial charge >= 0.3 is 16.3 Å². The molecule has 1 aliphatic rings. The molecule has 18 heteroatoms.